The number of ketones is 1. The van der Waals surface area contributed by atoms with E-state index in [2.05, 4.69) is 17.1 Å². The maximum atomic E-state index is 10.9. The lowest BCUT2D eigenvalue weighted by atomic mass is 10.1. The number of allylic oxidation sites excluding steroid dienone is 1. The maximum absolute atomic E-state index is 10.9. The molecule has 0 atom stereocenters. The van der Waals surface area contributed by atoms with Crippen molar-refractivity contribution in [2.45, 2.75) is 12.8 Å². The predicted molar refractivity (Wildman–Crippen MR) is 67.8 cm³/mol. The lowest BCUT2D eigenvalue weighted by Gasteiger charge is -2.06. The summed E-state index contributed by atoms with van der Waals surface area (Å²) in [7, 11) is 1.66. The molecule has 1 heterocycles. The molecule has 0 N–H and O–H groups in total. The first kappa shape index (κ1) is 11.6. The largest absolute Gasteiger partial charge is 0.497 e. The third-order valence-electron chi connectivity index (χ3n) is 2.73. The number of carbonyl (C=O) groups excluding carboxylic acids is 1. The SMILES string of the molecule is COc1ccc(CCC2=NCC(=O)C=C2)cc1. The summed E-state index contributed by atoms with van der Waals surface area (Å²) in [5.74, 6) is 0.951. The number of aliphatic imine (C=N–C) groups is 1. The summed E-state index contributed by atoms with van der Waals surface area (Å²) in [6, 6.07) is 8.02. The van der Waals surface area contributed by atoms with E-state index in [1.54, 1.807) is 13.2 Å². The zero-order chi connectivity index (χ0) is 12.1. The Hall–Kier alpha value is -1.90. The van der Waals surface area contributed by atoms with Gasteiger partial charge in [0.25, 0.3) is 0 Å². The van der Waals surface area contributed by atoms with E-state index in [1.807, 2.05) is 18.2 Å². The Balaban J connectivity index is 1.89. The van der Waals surface area contributed by atoms with Crippen molar-refractivity contribution in [3.05, 3.63) is 42.0 Å². The molecule has 0 spiro atoms. The van der Waals surface area contributed by atoms with Crippen molar-refractivity contribution in [3.63, 3.8) is 0 Å². The molecule has 0 radical (unpaired) electrons. The summed E-state index contributed by atoms with van der Waals surface area (Å²) in [6.07, 6.45) is 5.23. The zero-order valence-corrected chi connectivity index (χ0v) is 9.85. The highest BCUT2D eigenvalue weighted by Gasteiger charge is 2.05. The molecule has 0 fully saturated rings. The molecule has 17 heavy (non-hydrogen) atoms. The van der Waals surface area contributed by atoms with Crippen LogP contribution in [0, 0.1) is 0 Å². The molecule has 0 amide bonds. The molecular formula is C14H15NO2. The monoisotopic (exact) mass is 229 g/mol. The topological polar surface area (TPSA) is 38.7 Å². The molecule has 1 aliphatic rings. The number of nitrogens with zero attached hydrogens (tertiary/aromatic N) is 1. The molecule has 3 heteroatoms. The fraction of sp³-hybridized carbons (Fsp3) is 0.286. The van der Waals surface area contributed by atoms with E-state index in [4.69, 9.17) is 4.74 Å². The van der Waals surface area contributed by atoms with Crippen LogP contribution in [0.3, 0.4) is 0 Å². The Morgan fingerprint density at radius 1 is 1.18 bits per heavy atom. The third kappa shape index (κ3) is 3.28. The molecular weight excluding hydrogens is 214 g/mol. The normalized spacial score (nSPS) is 14.6. The van der Waals surface area contributed by atoms with Crippen molar-refractivity contribution in [1.29, 1.82) is 0 Å². The van der Waals surface area contributed by atoms with Crippen LogP contribution in [0.2, 0.25) is 0 Å². The summed E-state index contributed by atoms with van der Waals surface area (Å²) in [5, 5.41) is 0. The fourth-order valence-corrected chi connectivity index (χ4v) is 1.70. The van der Waals surface area contributed by atoms with Crippen LogP contribution in [0.25, 0.3) is 0 Å². The Kier molecular flexibility index (Phi) is 3.70. The van der Waals surface area contributed by atoms with Gasteiger partial charge in [-0.05, 0) is 42.7 Å². The molecule has 2 rings (SSSR count). The fourth-order valence-electron chi connectivity index (χ4n) is 1.70. The van der Waals surface area contributed by atoms with Gasteiger partial charge < -0.3 is 4.74 Å². The molecule has 0 saturated carbocycles. The van der Waals surface area contributed by atoms with E-state index in [9.17, 15) is 4.79 Å². The Labute approximate surface area is 101 Å². The van der Waals surface area contributed by atoms with Gasteiger partial charge in [0.05, 0.1) is 7.11 Å². The van der Waals surface area contributed by atoms with Gasteiger partial charge in [0.15, 0.2) is 5.78 Å². The first-order valence-corrected chi connectivity index (χ1v) is 5.65. The van der Waals surface area contributed by atoms with Gasteiger partial charge in [0, 0.05) is 5.71 Å². The second-order valence-corrected chi connectivity index (χ2v) is 3.96. The number of dihydropyridines is 1. The quantitative estimate of drug-likeness (QED) is 0.794. The van der Waals surface area contributed by atoms with Crippen LogP contribution >= 0.6 is 0 Å². The molecule has 0 aromatic heterocycles. The summed E-state index contributed by atoms with van der Waals surface area (Å²) < 4.78 is 5.10. The van der Waals surface area contributed by atoms with E-state index >= 15 is 0 Å². The smallest absolute Gasteiger partial charge is 0.177 e. The Bertz CT molecular complexity index is 458. The van der Waals surface area contributed by atoms with Gasteiger partial charge in [-0.1, -0.05) is 12.1 Å². The number of hydrogen-bond acceptors (Lipinski definition) is 3. The van der Waals surface area contributed by atoms with Gasteiger partial charge in [-0.25, -0.2) is 0 Å². The summed E-state index contributed by atoms with van der Waals surface area (Å²) in [6.45, 7) is 0.300. The van der Waals surface area contributed by atoms with E-state index in [-0.39, 0.29) is 5.78 Å². The highest BCUT2D eigenvalue weighted by Crippen LogP contribution is 2.13. The highest BCUT2D eigenvalue weighted by atomic mass is 16.5. The first-order valence-electron chi connectivity index (χ1n) is 5.65. The van der Waals surface area contributed by atoms with Crippen LogP contribution in [0.4, 0.5) is 0 Å². The molecule has 0 bridgehead atoms. The van der Waals surface area contributed by atoms with Gasteiger partial charge in [0.2, 0.25) is 0 Å². The average molecular weight is 229 g/mol. The van der Waals surface area contributed by atoms with E-state index in [1.165, 1.54) is 5.56 Å². The van der Waals surface area contributed by atoms with Gasteiger partial charge in [0.1, 0.15) is 12.3 Å². The van der Waals surface area contributed by atoms with Crippen molar-refractivity contribution >= 4 is 11.5 Å². The van der Waals surface area contributed by atoms with E-state index in [0.717, 1.165) is 24.3 Å². The maximum Gasteiger partial charge on any atom is 0.177 e. The van der Waals surface area contributed by atoms with Crippen LogP contribution in [0.15, 0.2) is 41.4 Å². The number of aryl methyl sites for hydroxylation is 1. The van der Waals surface area contributed by atoms with Crippen molar-refractivity contribution < 1.29 is 9.53 Å². The van der Waals surface area contributed by atoms with Crippen molar-refractivity contribution in [1.82, 2.24) is 0 Å². The predicted octanol–water partition coefficient (Wildman–Crippen LogP) is 2.21. The Morgan fingerprint density at radius 3 is 2.53 bits per heavy atom. The molecule has 1 aliphatic heterocycles. The van der Waals surface area contributed by atoms with Gasteiger partial charge in [-0.2, -0.15) is 0 Å². The van der Waals surface area contributed by atoms with Crippen LogP contribution in [-0.2, 0) is 11.2 Å². The minimum Gasteiger partial charge on any atom is -0.497 e. The summed E-state index contributed by atoms with van der Waals surface area (Å²) in [5.41, 5.74) is 2.25. The molecule has 0 unspecified atom stereocenters. The molecule has 0 saturated heterocycles. The molecule has 0 aliphatic carbocycles. The Morgan fingerprint density at radius 2 is 1.94 bits per heavy atom. The van der Waals surface area contributed by atoms with Crippen molar-refractivity contribution in [3.8, 4) is 5.75 Å². The van der Waals surface area contributed by atoms with Crippen LogP contribution < -0.4 is 4.74 Å². The van der Waals surface area contributed by atoms with E-state index in [0.29, 0.717) is 6.54 Å². The second-order valence-electron chi connectivity index (χ2n) is 3.96. The van der Waals surface area contributed by atoms with Gasteiger partial charge in [-0.3, -0.25) is 9.79 Å². The standard InChI is InChI=1S/C14H15NO2/c1-17-14-8-3-11(4-9-14)2-5-12-6-7-13(16)10-15-12/h3-4,6-9H,2,5,10H2,1H3. The lowest BCUT2D eigenvalue weighted by molar-refractivity contribution is -0.113. The van der Waals surface area contributed by atoms with Gasteiger partial charge in [-0.15, -0.1) is 0 Å². The average Bonchev–Trinajstić information content (AvgIpc) is 2.39. The summed E-state index contributed by atoms with van der Waals surface area (Å²) in [4.78, 5) is 15.2. The molecule has 1 aromatic rings. The zero-order valence-electron chi connectivity index (χ0n) is 9.85. The molecule has 88 valence electrons. The minimum absolute atomic E-state index is 0.0817. The van der Waals surface area contributed by atoms with Crippen LogP contribution in [-0.4, -0.2) is 25.1 Å². The number of methoxy groups -OCH3 is 1. The summed E-state index contributed by atoms with van der Waals surface area (Å²) >= 11 is 0. The number of benzene rings is 1. The van der Waals surface area contributed by atoms with Crippen molar-refractivity contribution in [2.24, 2.45) is 4.99 Å². The highest BCUT2D eigenvalue weighted by molar-refractivity contribution is 6.06. The first-order chi connectivity index (χ1) is 8.28. The molecule has 1 aromatic carbocycles. The number of rotatable bonds is 4. The minimum atomic E-state index is 0.0817. The van der Waals surface area contributed by atoms with Crippen LogP contribution in [0.1, 0.15) is 12.0 Å². The molecule has 3 nitrogen and oxygen atoms in total. The third-order valence-corrected chi connectivity index (χ3v) is 2.73. The van der Waals surface area contributed by atoms with Crippen molar-refractivity contribution in [2.75, 3.05) is 13.7 Å². The van der Waals surface area contributed by atoms with Gasteiger partial charge >= 0.3 is 0 Å². The lowest BCUT2D eigenvalue weighted by Crippen LogP contribution is -2.09. The second kappa shape index (κ2) is 5.43. The number of carbonyl (C=O) groups is 1. The number of ether oxygens (including phenoxy) is 1. The van der Waals surface area contributed by atoms with E-state index < -0.39 is 0 Å². The number of hydrogen-bond donors (Lipinski definition) is 0. The van der Waals surface area contributed by atoms with Crippen LogP contribution in [0.5, 0.6) is 5.75 Å².